The fraction of sp³-hybridized carbons (Fsp3) is 0.286. The van der Waals surface area contributed by atoms with E-state index in [4.69, 9.17) is 4.74 Å². The fourth-order valence-corrected chi connectivity index (χ4v) is 3.43. The van der Waals surface area contributed by atoms with Gasteiger partial charge in [-0.3, -0.25) is 9.69 Å². The van der Waals surface area contributed by atoms with Gasteiger partial charge in [-0.1, -0.05) is 36.4 Å². The maximum Gasteiger partial charge on any atom is 0.267 e. The van der Waals surface area contributed by atoms with E-state index in [1.165, 1.54) is 11.6 Å². The highest BCUT2D eigenvalue weighted by Gasteiger charge is 2.21. The Labute approximate surface area is 157 Å². The summed E-state index contributed by atoms with van der Waals surface area (Å²) in [6, 6.07) is 16.6. The molecule has 2 aromatic carbocycles. The molecule has 0 saturated carbocycles. The van der Waals surface area contributed by atoms with Gasteiger partial charge in [-0.2, -0.15) is 0 Å². The van der Waals surface area contributed by atoms with Crippen LogP contribution in [0.4, 0.5) is 4.39 Å². The first kappa shape index (κ1) is 17.7. The highest BCUT2D eigenvalue weighted by Crippen LogP contribution is 2.18. The number of aromatic nitrogens is 1. The lowest BCUT2D eigenvalue weighted by molar-refractivity contribution is -0.0292. The normalized spacial score (nSPS) is 17.9. The Bertz CT molecular complexity index is 926. The van der Waals surface area contributed by atoms with Gasteiger partial charge in [-0.25, -0.2) is 4.39 Å². The number of H-pyrrole nitrogens is 1. The lowest BCUT2D eigenvalue weighted by Crippen LogP contribution is -2.47. The summed E-state index contributed by atoms with van der Waals surface area (Å²) in [7, 11) is 0. The van der Waals surface area contributed by atoms with Crippen LogP contribution in [0.2, 0.25) is 0 Å². The number of morpholine rings is 1. The average molecular weight is 367 g/mol. The SMILES string of the molecule is O=C(NCC1CN(Cc2ccccc2)CCO1)c1cc2c(F)cccc2[nH]1. The highest BCUT2D eigenvalue weighted by atomic mass is 19.1. The molecule has 0 spiro atoms. The van der Waals surface area contributed by atoms with E-state index in [2.05, 4.69) is 27.3 Å². The third-order valence-electron chi connectivity index (χ3n) is 4.82. The number of amides is 1. The van der Waals surface area contributed by atoms with Crippen molar-refractivity contribution in [2.24, 2.45) is 0 Å². The second-order valence-corrected chi connectivity index (χ2v) is 6.81. The van der Waals surface area contributed by atoms with Crippen LogP contribution in [0.3, 0.4) is 0 Å². The van der Waals surface area contributed by atoms with Crippen molar-refractivity contribution in [1.82, 2.24) is 15.2 Å². The minimum absolute atomic E-state index is 0.0625. The van der Waals surface area contributed by atoms with Crippen molar-refractivity contribution in [3.05, 3.63) is 71.7 Å². The second-order valence-electron chi connectivity index (χ2n) is 6.81. The number of halogens is 1. The van der Waals surface area contributed by atoms with Crippen LogP contribution >= 0.6 is 0 Å². The molecule has 6 heteroatoms. The van der Waals surface area contributed by atoms with Crippen molar-refractivity contribution >= 4 is 16.8 Å². The Kier molecular flexibility index (Phi) is 5.18. The van der Waals surface area contributed by atoms with Gasteiger partial charge in [0.2, 0.25) is 0 Å². The van der Waals surface area contributed by atoms with Crippen molar-refractivity contribution in [2.45, 2.75) is 12.6 Å². The molecule has 1 aromatic heterocycles. The molecular formula is C21H22FN3O2. The molecule has 0 radical (unpaired) electrons. The van der Waals surface area contributed by atoms with Crippen LogP contribution < -0.4 is 5.32 Å². The number of nitrogens with zero attached hydrogens (tertiary/aromatic N) is 1. The van der Waals surface area contributed by atoms with Crippen molar-refractivity contribution in [3.63, 3.8) is 0 Å². The highest BCUT2D eigenvalue weighted by molar-refractivity contribution is 5.98. The molecule has 0 bridgehead atoms. The summed E-state index contributed by atoms with van der Waals surface area (Å²) in [4.78, 5) is 17.7. The molecule has 2 N–H and O–H groups in total. The number of fused-ring (bicyclic) bond motifs is 1. The predicted octanol–water partition coefficient (Wildman–Crippen LogP) is 2.94. The molecule has 1 aliphatic heterocycles. The van der Waals surface area contributed by atoms with Crippen LogP contribution in [0, 0.1) is 5.82 Å². The summed E-state index contributed by atoms with van der Waals surface area (Å²) in [5.74, 6) is -0.593. The van der Waals surface area contributed by atoms with E-state index in [9.17, 15) is 9.18 Å². The standard InChI is InChI=1S/C21H22FN3O2/c22-18-7-4-8-19-17(18)11-20(24-19)21(26)23-12-16-14-25(9-10-27-16)13-15-5-2-1-3-6-15/h1-8,11,16,24H,9-10,12-14H2,(H,23,26). The number of aromatic amines is 1. The molecule has 0 aliphatic carbocycles. The van der Waals surface area contributed by atoms with E-state index in [0.29, 0.717) is 29.7 Å². The first-order valence-corrected chi connectivity index (χ1v) is 9.12. The third kappa shape index (κ3) is 4.18. The number of carbonyl (C=O) groups is 1. The van der Waals surface area contributed by atoms with Crippen molar-refractivity contribution in [2.75, 3.05) is 26.2 Å². The molecule has 4 rings (SSSR count). The zero-order valence-electron chi connectivity index (χ0n) is 15.0. The van der Waals surface area contributed by atoms with Crippen LogP contribution in [-0.2, 0) is 11.3 Å². The number of rotatable bonds is 5. The summed E-state index contributed by atoms with van der Waals surface area (Å²) < 4.78 is 19.6. The fourth-order valence-electron chi connectivity index (χ4n) is 3.43. The minimum Gasteiger partial charge on any atom is -0.374 e. The summed E-state index contributed by atoms with van der Waals surface area (Å²) in [6.45, 7) is 3.57. The zero-order valence-corrected chi connectivity index (χ0v) is 15.0. The predicted molar refractivity (Wildman–Crippen MR) is 102 cm³/mol. The topological polar surface area (TPSA) is 57.4 Å². The van der Waals surface area contributed by atoms with E-state index < -0.39 is 0 Å². The number of hydrogen-bond acceptors (Lipinski definition) is 3. The van der Waals surface area contributed by atoms with Crippen molar-refractivity contribution in [3.8, 4) is 0 Å². The van der Waals surface area contributed by atoms with Gasteiger partial charge in [0.1, 0.15) is 11.5 Å². The number of nitrogens with one attached hydrogen (secondary N) is 2. The number of carbonyl (C=O) groups excluding carboxylic acids is 1. The molecule has 1 unspecified atom stereocenters. The summed E-state index contributed by atoms with van der Waals surface area (Å²) in [5.41, 5.74) is 2.23. The molecule has 3 aromatic rings. The Morgan fingerprint density at radius 3 is 2.89 bits per heavy atom. The quantitative estimate of drug-likeness (QED) is 0.729. The molecule has 1 amide bonds. The zero-order chi connectivity index (χ0) is 18.6. The number of benzene rings is 2. The first-order chi connectivity index (χ1) is 13.2. The summed E-state index contributed by atoms with van der Waals surface area (Å²) >= 11 is 0. The summed E-state index contributed by atoms with van der Waals surface area (Å²) in [5, 5.41) is 3.31. The van der Waals surface area contributed by atoms with E-state index in [1.54, 1.807) is 18.2 Å². The third-order valence-corrected chi connectivity index (χ3v) is 4.82. The minimum atomic E-state index is -0.338. The number of ether oxygens (including phenoxy) is 1. The van der Waals surface area contributed by atoms with Gasteiger partial charge >= 0.3 is 0 Å². The van der Waals surface area contributed by atoms with Gasteiger partial charge in [0.15, 0.2) is 0 Å². The average Bonchev–Trinajstić information content (AvgIpc) is 3.13. The number of hydrogen-bond donors (Lipinski definition) is 2. The molecule has 5 nitrogen and oxygen atoms in total. The largest absolute Gasteiger partial charge is 0.374 e. The lowest BCUT2D eigenvalue weighted by Gasteiger charge is -2.33. The molecule has 1 saturated heterocycles. The van der Waals surface area contributed by atoms with Crippen LogP contribution in [0.5, 0.6) is 0 Å². The monoisotopic (exact) mass is 367 g/mol. The maximum absolute atomic E-state index is 13.8. The molecule has 27 heavy (non-hydrogen) atoms. The van der Waals surface area contributed by atoms with E-state index in [-0.39, 0.29) is 17.8 Å². The van der Waals surface area contributed by atoms with E-state index >= 15 is 0 Å². The molecule has 1 fully saturated rings. The van der Waals surface area contributed by atoms with Crippen molar-refractivity contribution in [1.29, 1.82) is 0 Å². The molecule has 1 aliphatic rings. The lowest BCUT2D eigenvalue weighted by atomic mass is 10.2. The van der Waals surface area contributed by atoms with Crippen LogP contribution in [-0.4, -0.2) is 48.1 Å². The second kappa shape index (κ2) is 7.90. The molecular weight excluding hydrogens is 345 g/mol. The Morgan fingerprint density at radius 1 is 1.22 bits per heavy atom. The Hall–Kier alpha value is -2.70. The molecule has 2 heterocycles. The van der Waals surface area contributed by atoms with Gasteiger partial charge in [-0.05, 0) is 23.8 Å². The first-order valence-electron chi connectivity index (χ1n) is 9.12. The molecule has 1 atom stereocenters. The van der Waals surface area contributed by atoms with E-state index in [0.717, 1.165) is 19.6 Å². The van der Waals surface area contributed by atoms with Gasteiger partial charge in [0, 0.05) is 37.1 Å². The van der Waals surface area contributed by atoms with E-state index in [1.807, 2.05) is 18.2 Å². The smallest absolute Gasteiger partial charge is 0.267 e. The summed E-state index contributed by atoms with van der Waals surface area (Å²) in [6.07, 6.45) is -0.0625. The van der Waals surface area contributed by atoms with Gasteiger partial charge in [0.05, 0.1) is 12.7 Å². The van der Waals surface area contributed by atoms with Crippen molar-refractivity contribution < 1.29 is 13.9 Å². The molecule has 140 valence electrons. The van der Waals surface area contributed by atoms with Gasteiger partial charge in [-0.15, -0.1) is 0 Å². The van der Waals surface area contributed by atoms with Crippen LogP contribution in [0.15, 0.2) is 54.6 Å². The van der Waals surface area contributed by atoms with Crippen LogP contribution in [0.1, 0.15) is 16.1 Å². The maximum atomic E-state index is 13.8. The Balaban J connectivity index is 1.33. The van der Waals surface area contributed by atoms with Gasteiger partial charge < -0.3 is 15.0 Å². The van der Waals surface area contributed by atoms with Crippen LogP contribution in [0.25, 0.3) is 10.9 Å². The van der Waals surface area contributed by atoms with Gasteiger partial charge in [0.25, 0.3) is 5.91 Å². The Morgan fingerprint density at radius 2 is 2.07 bits per heavy atom.